The number of anilines is 2. The molecule has 1 aromatic carbocycles. The van der Waals surface area contributed by atoms with Crippen molar-refractivity contribution >= 4 is 29.1 Å². The third-order valence-corrected chi connectivity index (χ3v) is 4.98. The second kappa shape index (κ2) is 8.13. The minimum atomic E-state index is -0.101. The molecule has 3 rings (SSSR count). The number of hydrogen-bond acceptors (Lipinski definition) is 4. The Hall–Kier alpha value is -2.34. The quantitative estimate of drug-likeness (QED) is 0.856. The maximum absolute atomic E-state index is 12.5. The largest absolute Gasteiger partial charge is 0.353 e. The van der Waals surface area contributed by atoms with E-state index in [1.54, 1.807) is 12.1 Å². The lowest BCUT2D eigenvalue weighted by Crippen LogP contribution is -2.50. The number of rotatable bonds is 3. The number of hydrogen-bond donors (Lipinski definition) is 1. The summed E-state index contributed by atoms with van der Waals surface area (Å²) in [6.45, 7) is 11.1. The van der Waals surface area contributed by atoms with Gasteiger partial charge in [-0.15, -0.1) is 0 Å². The van der Waals surface area contributed by atoms with Gasteiger partial charge in [0, 0.05) is 48.1 Å². The number of carbonyl (C=O) groups excluding carboxylic acids is 1. The highest BCUT2D eigenvalue weighted by atomic mass is 35.5. The van der Waals surface area contributed by atoms with Gasteiger partial charge in [0.25, 0.3) is 0 Å². The number of urea groups is 1. The molecule has 0 unspecified atom stereocenters. The Balaban J connectivity index is 1.68. The van der Waals surface area contributed by atoms with Crippen molar-refractivity contribution in [2.75, 3.05) is 36.4 Å². The molecule has 0 aliphatic carbocycles. The SMILES string of the molecule is Cc1nc(C)c(C(C)C)c(N2CCN(C(=O)Nc3cccc(Cl)c3)CC2)n1. The Bertz CT molecular complexity index is 831. The summed E-state index contributed by atoms with van der Waals surface area (Å²) >= 11 is 5.98. The number of aromatic nitrogens is 2. The molecule has 1 aliphatic heterocycles. The van der Waals surface area contributed by atoms with Crippen molar-refractivity contribution in [3.8, 4) is 0 Å². The normalized spacial score (nSPS) is 14.6. The number of benzene rings is 1. The number of carbonyl (C=O) groups is 1. The lowest BCUT2D eigenvalue weighted by Gasteiger charge is -2.36. The fourth-order valence-corrected chi connectivity index (χ4v) is 3.70. The number of amides is 2. The molecule has 2 aromatic rings. The predicted octanol–water partition coefficient (Wildman–Crippen LogP) is 4.22. The van der Waals surface area contributed by atoms with E-state index >= 15 is 0 Å². The second-order valence-electron chi connectivity index (χ2n) is 7.16. The van der Waals surface area contributed by atoms with Crippen LogP contribution in [0.4, 0.5) is 16.3 Å². The monoisotopic (exact) mass is 387 g/mol. The fourth-order valence-electron chi connectivity index (χ4n) is 3.51. The number of piperazine rings is 1. The average molecular weight is 388 g/mol. The summed E-state index contributed by atoms with van der Waals surface area (Å²) in [5.74, 6) is 2.14. The van der Waals surface area contributed by atoms with Gasteiger partial charge in [-0.05, 0) is 38.0 Å². The Morgan fingerprint density at radius 2 is 1.85 bits per heavy atom. The molecular formula is C20H26ClN5O. The van der Waals surface area contributed by atoms with Gasteiger partial charge in [0.2, 0.25) is 0 Å². The topological polar surface area (TPSA) is 61.4 Å². The van der Waals surface area contributed by atoms with Gasteiger partial charge in [0.05, 0.1) is 0 Å². The highest BCUT2D eigenvalue weighted by Crippen LogP contribution is 2.29. The van der Waals surface area contributed by atoms with Crippen molar-refractivity contribution in [1.29, 1.82) is 0 Å². The van der Waals surface area contributed by atoms with Crippen LogP contribution in [0.3, 0.4) is 0 Å². The van der Waals surface area contributed by atoms with Crippen molar-refractivity contribution < 1.29 is 4.79 Å². The Morgan fingerprint density at radius 3 is 2.48 bits per heavy atom. The van der Waals surface area contributed by atoms with E-state index in [0.717, 1.165) is 30.4 Å². The van der Waals surface area contributed by atoms with Crippen LogP contribution in [0.5, 0.6) is 0 Å². The molecular weight excluding hydrogens is 362 g/mol. The number of nitrogens with zero attached hydrogens (tertiary/aromatic N) is 4. The van der Waals surface area contributed by atoms with Crippen LogP contribution < -0.4 is 10.2 Å². The van der Waals surface area contributed by atoms with Gasteiger partial charge in [0.1, 0.15) is 11.6 Å². The zero-order valence-corrected chi connectivity index (χ0v) is 17.0. The van der Waals surface area contributed by atoms with Crippen LogP contribution in [-0.2, 0) is 0 Å². The maximum atomic E-state index is 12.5. The van der Waals surface area contributed by atoms with Gasteiger partial charge in [-0.25, -0.2) is 14.8 Å². The predicted molar refractivity (Wildman–Crippen MR) is 110 cm³/mol. The van der Waals surface area contributed by atoms with Gasteiger partial charge in [-0.3, -0.25) is 0 Å². The van der Waals surface area contributed by atoms with E-state index in [1.165, 1.54) is 5.56 Å². The molecule has 27 heavy (non-hydrogen) atoms. The fraction of sp³-hybridized carbons (Fsp3) is 0.450. The zero-order chi connectivity index (χ0) is 19.6. The standard InChI is InChI=1S/C20H26ClN5O/c1-13(2)18-14(3)22-15(4)23-19(18)25-8-10-26(11-9-25)20(27)24-17-7-5-6-16(21)12-17/h5-7,12-13H,8-11H2,1-4H3,(H,24,27). The first-order valence-electron chi connectivity index (χ1n) is 9.26. The first-order chi connectivity index (χ1) is 12.8. The van der Waals surface area contributed by atoms with Crippen molar-refractivity contribution in [2.24, 2.45) is 0 Å². The van der Waals surface area contributed by atoms with Crippen LogP contribution in [0.15, 0.2) is 24.3 Å². The molecule has 1 saturated heterocycles. The van der Waals surface area contributed by atoms with E-state index in [2.05, 4.69) is 29.0 Å². The van der Waals surface area contributed by atoms with Crippen LogP contribution in [0.1, 0.15) is 36.8 Å². The van der Waals surface area contributed by atoms with Crippen LogP contribution in [0.2, 0.25) is 5.02 Å². The molecule has 0 spiro atoms. The third-order valence-electron chi connectivity index (χ3n) is 4.75. The number of nitrogens with one attached hydrogen (secondary N) is 1. The minimum absolute atomic E-state index is 0.101. The molecule has 7 heteroatoms. The maximum Gasteiger partial charge on any atom is 0.321 e. The lowest BCUT2D eigenvalue weighted by molar-refractivity contribution is 0.208. The van der Waals surface area contributed by atoms with Gasteiger partial charge >= 0.3 is 6.03 Å². The highest BCUT2D eigenvalue weighted by Gasteiger charge is 2.25. The van der Waals surface area contributed by atoms with Gasteiger partial charge < -0.3 is 15.1 Å². The summed E-state index contributed by atoms with van der Waals surface area (Å²) in [5.41, 5.74) is 2.94. The van der Waals surface area contributed by atoms with E-state index in [4.69, 9.17) is 16.6 Å². The second-order valence-corrected chi connectivity index (χ2v) is 7.60. The van der Waals surface area contributed by atoms with Crippen molar-refractivity contribution in [3.63, 3.8) is 0 Å². The molecule has 0 atom stereocenters. The first kappa shape index (κ1) is 19.4. The molecule has 6 nitrogen and oxygen atoms in total. The molecule has 1 N–H and O–H groups in total. The van der Waals surface area contributed by atoms with E-state index < -0.39 is 0 Å². The van der Waals surface area contributed by atoms with Crippen LogP contribution >= 0.6 is 11.6 Å². The van der Waals surface area contributed by atoms with Crippen molar-refractivity contribution in [2.45, 2.75) is 33.6 Å². The molecule has 0 bridgehead atoms. The van der Waals surface area contributed by atoms with Crippen molar-refractivity contribution in [1.82, 2.24) is 14.9 Å². The third kappa shape index (κ3) is 4.50. The van der Waals surface area contributed by atoms with Crippen LogP contribution in [0.25, 0.3) is 0 Å². The first-order valence-corrected chi connectivity index (χ1v) is 9.64. The highest BCUT2D eigenvalue weighted by molar-refractivity contribution is 6.30. The molecule has 2 heterocycles. The summed E-state index contributed by atoms with van der Waals surface area (Å²) in [7, 11) is 0. The minimum Gasteiger partial charge on any atom is -0.353 e. The molecule has 1 aromatic heterocycles. The Kier molecular flexibility index (Phi) is 5.85. The summed E-state index contributed by atoms with van der Waals surface area (Å²) < 4.78 is 0. The molecule has 144 valence electrons. The molecule has 0 saturated carbocycles. The van der Waals surface area contributed by atoms with E-state index in [0.29, 0.717) is 29.7 Å². The zero-order valence-electron chi connectivity index (χ0n) is 16.3. The van der Waals surface area contributed by atoms with Crippen molar-refractivity contribution in [3.05, 3.63) is 46.4 Å². The average Bonchev–Trinajstić information content (AvgIpc) is 2.60. The summed E-state index contributed by atoms with van der Waals surface area (Å²) in [6, 6.07) is 7.09. The molecule has 2 amide bonds. The van der Waals surface area contributed by atoms with E-state index in [-0.39, 0.29) is 6.03 Å². The summed E-state index contributed by atoms with van der Waals surface area (Å²) in [5, 5.41) is 3.52. The number of aryl methyl sites for hydroxylation is 2. The van der Waals surface area contributed by atoms with E-state index in [1.807, 2.05) is 30.9 Å². The van der Waals surface area contributed by atoms with Crippen LogP contribution in [-0.4, -0.2) is 47.1 Å². The summed E-state index contributed by atoms with van der Waals surface area (Å²) in [6.07, 6.45) is 0. The van der Waals surface area contributed by atoms with E-state index in [9.17, 15) is 4.79 Å². The Labute approximate surface area is 165 Å². The van der Waals surface area contributed by atoms with Gasteiger partial charge in [-0.2, -0.15) is 0 Å². The van der Waals surface area contributed by atoms with Crippen LogP contribution in [0, 0.1) is 13.8 Å². The Morgan fingerprint density at radius 1 is 1.15 bits per heavy atom. The molecule has 1 aliphatic rings. The van der Waals surface area contributed by atoms with Gasteiger partial charge in [-0.1, -0.05) is 31.5 Å². The number of halogens is 1. The molecule has 1 fully saturated rings. The summed E-state index contributed by atoms with van der Waals surface area (Å²) in [4.78, 5) is 25.9. The smallest absolute Gasteiger partial charge is 0.321 e. The van der Waals surface area contributed by atoms with Gasteiger partial charge in [0.15, 0.2) is 0 Å². The lowest BCUT2D eigenvalue weighted by atomic mass is 10.0. The molecule has 0 radical (unpaired) electrons.